The third-order valence-corrected chi connectivity index (χ3v) is 8.09. The summed E-state index contributed by atoms with van der Waals surface area (Å²) in [4.78, 5) is 17.3. The van der Waals surface area contributed by atoms with Crippen LogP contribution in [0.25, 0.3) is 11.4 Å². The van der Waals surface area contributed by atoms with Gasteiger partial charge in [-0.05, 0) is 55.9 Å². The Balaban J connectivity index is 1.15. The number of aryl methyl sites for hydroxylation is 2. The lowest BCUT2D eigenvalue weighted by Crippen LogP contribution is -2.47. The van der Waals surface area contributed by atoms with Gasteiger partial charge >= 0.3 is 0 Å². The average Bonchev–Trinajstić information content (AvgIpc) is 3.80. The molecule has 3 aliphatic rings. The maximum atomic E-state index is 12.8. The Morgan fingerprint density at radius 1 is 1.30 bits per heavy atom. The van der Waals surface area contributed by atoms with E-state index in [9.17, 15) is 4.79 Å². The molecule has 6 rings (SSSR count). The zero-order valence-electron chi connectivity index (χ0n) is 21.5. The van der Waals surface area contributed by atoms with Gasteiger partial charge in [-0.15, -0.1) is 9.78 Å². The molecule has 4 atom stereocenters. The molecular formula is C27H33N8O2+. The Labute approximate surface area is 215 Å². The fourth-order valence-corrected chi connectivity index (χ4v) is 5.66. The van der Waals surface area contributed by atoms with Gasteiger partial charge < -0.3 is 15.8 Å². The van der Waals surface area contributed by atoms with Gasteiger partial charge in [-0.3, -0.25) is 14.5 Å². The van der Waals surface area contributed by atoms with Crippen molar-refractivity contribution in [3.05, 3.63) is 53.0 Å². The number of anilines is 1. The first kappa shape index (κ1) is 23.7. The lowest BCUT2D eigenvalue weighted by atomic mass is 9.84. The topological polar surface area (TPSA) is 139 Å². The highest BCUT2D eigenvalue weighted by Gasteiger charge is 2.53. The van der Waals surface area contributed by atoms with Gasteiger partial charge in [-0.1, -0.05) is 18.9 Å². The van der Waals surface area contributed by atoms with Gasteiger partial charge in [-0.25, -0.2) is 0 Å². The predicted octanol–water partition coefficient (Wildman–Crippen LogP) is 2.61. The number of aromatic nitrogens is 5. The number of amides is 1. The number of hydrogen-bond acceptors (Lipinski definition) is 7. The highest BCUT2D eigenvalue weighted by Crippen LogP contribution is 2.54. The highest BCUT2D eigenvalue weighted by molar-refractivity contribution is 5.92. The SMILES string of the molecule is CC(=N)[n+]1nc(-c2cc(C3CC3c3ccc(C(=O)N[C@H]4CCCCC45CO5)nc3)nn2C)cc(C)c1N. The summed E-state index contributed by atoms with van der Waals surface area (Å²) in [6.45, 7) is 4.32. The van der Waals surface area contributed by atoms with Crippen LogP contribution < -0.4 is 15.7 Å². The summed E-state index contributed by atoms with van der Waals surface area (Å²) < 4.78 is 8.99. The number of nitrogens with one attached hydrogen (secondary N) is 2. The number of rotatable bonds is 5. The summed E-state index contributed by atoms with van der Waals surface area (Å²) in [6, 6.07) is 7.92. The van der Waals surface area contributed by atoms with Crippen molar-refractivity contribution in [3.63, 3.8) is 0 Å². The monoisotopic (exact) mass is 501 g/mol. The number of nitrogen functional groups attached to an aromatic ring is 1. The number of nitrogens with two attached hydrogens (primary N) is 1. The lowest BCUT2D eigenvalue weighted by molar-refractivity contribution is -0.608. The van der Waals surface area contributed by atoms with Crippen molar-refractivity contribution in [3.8, 4) is 11.4 Å². The minimum atomic E-state index is -0.129. The van der Waals surface area contributed by atoms with Gasteiger partial charge in [0.05, 0.1) is 24.0 Å². The molecule has 3 fully saturated rings. The Bertz CT molecular complexity index is 1390. The number of ether oxygens (including phenoxy) is 1. The zero-order valence-corrected chi connectivity index (χ0v) is 21.5. The number of carbonyl (C=O) groups is 1. The molecule has 1 spiro atoms. The van der Waals surface area contributed by atoms with Crippen molar-refractivity contribution in [2.45, 2.75) is 69.4 Å². The fourth-order valence-electron chi connectivity index (χ4n) is 5.66. The van der Waals surface area contributed by atoms with E-state index in [1.54, 1.807) is 6.92 Å². The first-order valence-corrected chi connectivity index (χ1v) is 13.0. The minimum Gasteiger partial charge on any atom is -0.367 e. The largest absolute Gasteiger partial charge is 0.367 e. The molecule has 1 amide bonds. The quantitative estimate of drug-likeness (QED) is 0.213. The average molecular weight is 502 g/mol. The van der Waals surface area contributed by atoms with Crippen LogP contribution >= 0.6 is 0 Å². The maximum Gasteiger partial charge on any atom is 0.270 e. The molecule has 1 saturated heterocycles. The molecular weight excluding hydrogens is 468 g/mol. The summed E-state index contributed by atoms with van der Waals surface area (Å²) in [6.07, 6.45) is 7.09. The molecule has 2 saturated carbocycles. The third-order valence-electron chi connectivity index (χ3n) is 8.09. The molecule has 10 heteroatoms. The minimum absolute atomic E-state index is 0.0816. The van der Waals surface area contributed by atoms with Crippen molar-refractivity contribution in [1.82, 2.24) is 25.2 Å². The number of carbonyl (C=O) groups excluding carboxylic acids is 1. The Morgan fingerprint density at radius 2 is 2.11 bits per heavy atom. The summed E-state index contributed by atoms with van der Waals surface area (Å²) in [5.41, 5.74) is 11.0. The molecule has 3 aromatic rings. The van der Waals surface area contributed by atoms with E-state index in [2.05, 4.69) is 21.5 Å². The Kier molecular flexibility index (Phi) is 5.59. The highest BCUT2D eigenvalue weighted by atomic mass is 16.6. The van der Waals surface area contributed by atoms with E-state index in [1.165, 1.54) is 11.1 Å². The predicted molar refractivity (Wildman–Crippen MR) is 137 cm³/mol. The molecule has 1 aliphatic heterocycles. The molecule has 192 valence electrons. The molecule has 0 aromatic carbocycles. The summed E-state index contributed by atoms with van der Waals surface area (Å²) >= 11 is 0. The first-order chi connectivity index (χ1) is 17.8. The van der Waals surface area contributed by atoms with Crippen molar-refractivity contribution < 1.29 is 14.2 Å². The van der Waals surface area contributed by atoms with Gasteiger partial charge in [0, 0.05) is 31.6 Å². The van der Waals surface area contributed by atoms with Gasteiger partial charge in [0.25, 0.3) is 11.7 Å². The Hall–Kier alpha value is -3.66. The molecule has 37 heavy (non-hydrogen) atoms. The molecule has 4 heterocycles. The Morgan fingerprint density at radius 3 is 2.81 bits per heavy atom. The zero-order chi connectivity index (χ0) is 25.9. The summed E-state index contributed by atoms with van der Waals surface area (Å²) in [7, 11) is 1.91. The van der Waals surface area contributed by atoms with Crippen LogP contribution in [0.2, 0.25) is 0 Å². The molecule has 0 bridgehead atoms. The van der Waals surface area contributed by atoms with Crippen molar-refractivity contribution >= 4 is 17.6 Å². The van der Waals surface area contributed by atoms with E-state index in [0.29, 0.717) is 23.3 Å². The summed E-state index contributed by atoms with van der Waals surface area (Å²) in [5, 5.41) is 20.5. The molecule has 4 N–H and O–H groups in total. The molecule has 0 radical (unpaired) electrons. The maximum absolute atomic E-state index is 12.8. The second-order valence-electron chi connectivity index (χ2n) is 10.7. The second kappa shape index (κ2) is 8.72. The summed E-state index contributed by atoms with van der Waals surface area (Å²) in [5.74, 6) is 1.21. The van der Waals surface area contributed by atoms with Gasteiger partial charge in [0.2, 0.25) is 5.82 Å². The van der Waals surface area contributed by atoms with Crippen molar-refractivity contribution in [1.29, 1.82) is 5.41 Å². The van der Waals surface area contributed by atoms with Gasteiger partial charge in [0.1, 0.15) is 17.0 Å². The molecule has 10 nitrogen and oxygen atoms in total. The third kappa shape index (κ3) is 4.29. The van der Waals surface area contributed by atoms with Crippen molar-refractivity contribution in [2.24, 2.45) is 7.05 Å². The van der Waals surface area contributed by atoms with Gasteiger partial charge in [0.15, 0.2) is 0 Å². The number of hydrogen-bond donors (Lipinski definition) is 3. The van der Waals surface area contributed by atoms with E-state index in [-0.39, 0.29) is 23.4 Å². The normalized spacial score (nSPS) is 26.2. The van der Waals surface area contributed by atoms with E-state index in [0.717, 1.165) is 60.5 Å². The second-order valence-corrected chi connectivity index (χ2v) is 10.7. The van der Waals surface area contributed by atoms with Crippen LogP contribution in [-0.4, -0.2) is 49.9 Å². The smallest absolute Gasteiger partial charge is 0.270 e. The number of epoxide rings is 1. The van der Waals surface area contributed by atoms with E-state index < -0.39 is 0 Å². The van der Waals surface area contributed by atoms with Crippen LogP contribution in [0.15, 0.2) is 30.5 Å². The molecule has 2 aliphatic carbocycles. The van der Waals surface area contributed by atoms with Crippen LogP contribution in [0.4, 0.5) is 5.82 Å². The van der Waals surface area contributed by atoms with Crippen molar-refractivity contribution in [2.75, 3.05) is 12.3 Å². The van der Waals surface area contributed by atoms with Crippen LogP contribution in [0, 0.1) is 12.3 Å². The standard InChI is InChI=1S/C27H32N8O2/c1-15-10-22(33-35(16(2)28)25(15)29)23-12-21(32-34(23)3)19-11-18(19)17-7-8-20(30-13-17)26(36)31-24-6-4-5-9-27(24)14-37-27/h7-8,10,12-13,18-19,24,28-29H,4-6,9,11,14H2,1-3H3,(H,31,36)/p+1/t18?,19?,24-,27?/m0/s1. The van der Waals surface area contributed by atoms with E-state index >= 15 is 0 Å². The van der Waals surface area contributed by atoms with Gasteiger partial charge in [-0.2, -0.15) is 10.5 Å². The molecule has 3 aromatic heterocycles. The van der Waals surface area contributed by atoms with E-state index in [4.69, 9.17) is 21.0 Å². The first-order valence-electron chi connectivity index (χ1n) is 13.0. The van der Waals surface area contributed by atoms with Crippen LogP contribution in [0.3, 0.4) is 0 Å². The van der Waals surface area contributed by atoms with Crippen LogP contribution in [0.5, 0.6) is 0 Å². The lowest BCUT2D eigenvalue weighted by Gasteiger charge is -2.29. The van der Waals surface area contributed by atoms with Crippen LogP contribution in [0.1, 0.15) is 78.2 Å². The van der Waals surface area contributed by atoms with E-state index in [1.807, 2.05) is 43.0 Å². The molecule has 3 unspecified atom stereocenters. The number of nitrogens with zero attached hydrogens (tertiary/aromatic N) is 5. The van der Waals surface area contributed by atoms with Crippen LogP contribution in [-0.2, 0) is 11.8 Å². The number of pyridine rings is 1. The fraction of sp³-hybridized carbons (Fsp3) is 0.481.